The average molecular weight is 635 g/mol. The Bertz CT molecular complexity index is 2850. The highest BCUT2D eigenvalue weighted by Gasteiger charge is 2.14. The third kappa shape index (κ3) is 5.56. The standard InChI is InChI=1S/C45H29N3O/c1-3-9-30(10-4-1)32-15-21-35(22-16-32)43-46-44(36-23-17-33(18-24-36)31-11-5-2-6-12-31)48-45(47-43)37-25-19-34(20-26-37)38-27-28-42-40(29-38)39-13-7-8-14-41(39)49-42/h1-29H/i7D,8D,13D,14D,27D,28D,29D. The van der Waals surface area contributed by atoms with Crippen LogP contribution in [0.15, 0.2) is 180 Å². The lowest BCUT2D eigenvalue weighted by atomic mass is 10.0. The quantitative estimate of drug-likeness (QED) is 0.183. The molecule has 0 radical (unpaired) electrons. The van der Waals surface area contributed by atoms with Gasteiger partial charge in [0.05, 0.1) is 9.60 Å². The van der Waals surface area contributed by atoms with Gasteiger partial charge in [-0.15, -0.1) is 0 Å². The second-order valence-electron chi connectivity index (χ2n) is 11.5. The summed E-state index contributed by atoms with van der Waals surface area (Å²) in [4.78, 5) is 14.7. The van der Waals surface area contributed by atoms with Gasteiger partial charge in [-0.1, -0.05) is 158 Å². The first-order valence-electron chi connectivity index (χ1n) is 19.3. The van der Waals surface area contributed by atoms with Crippen LogP contribution < -0.4 is 0 Å². The van der Waals surface area contributed by atoms with Crippen LogP contribution in [0.4, 0.5) is 0 Å². The van der Waals surface area contributed by atoms with E-state index in [0.29, 0.717) is 28.6 Å². The fourth-order valence-corrected chi connectivity index (χ4v) is 5.88. The molecule has 2 aromatic heterocycles. The van der Waals surface area contributed by atoms with Crippen LogP contribution in [0.1, 0.15) is 9.60 Å². The molecule has 7 aromatic carbocycles. The zero-order chi connectivity index (χ0) is 38.7. The van der Waals surface area contributed by atoms with Crippen molar-refractivity contribution in [1.82, 2.24) is 15.0 Å². The van der Waals surface area contributed by atoms with Crippen LogP contribution in [0, 0.1) is 0 Å². The summed E-state index contributed by atoms with van der Waals surface area (Å²) in [5, 5.41) is 0.0802. The fraction of sp³-hybridized carbons (Fsp3) is 0. The van der Waals surface area contributed by atoms with Crippen molar-refractivity contribution in [1.29, 1.82) is 0 Å². The zero-order valence-corrected chi connectivity index (χ0v) is 26.0. The Kier molecular flexibility index (Phi) is 5.47. The van der Waals surface area contributed by atoms with Crippen molar-refractivity contribution in [2.24, 2.45) is 0 Å². The Morgan fingerprint density at radius 1 is 0.347 bits per heavy atom. The van der Waals surface area contributed by atoms with Crippen LogP contribution in [-0.2, 0) is 0 Å². The van der Waals surface area contributed by atoms with E-state index >= 15 is 0 Å². The highest BCUT2D eigenvalue weighted by Crippen LogP contribution is 2.34. The summed E-state index contributed by atoms with van der Waals surface area (Å²) in [6.07, 6.45) is 0. The second kappa shape index (κ2) is 12.2. The van der Waals surface area contributed by atoms with Crippen LogP contribution >= 0.6 is 0 Å². The summed E-state index contributed by atoms with van der Waals surface area (Å²) in [6, 6.07) is 41.0. The maximum atomic E-state index is 9.16. The SMILES string of the molecule is [2H]c1c([2H])c([2H])c2c(oc3c([2H])c([2H])c(-c4ccc(-c5nc(-c6ccc(-c7ccccc7)cc6)nc(-c6ccc(-c7ccccc7)cc6)n5)cc4)c([2H])c32)c1[2H]. The van der Waals surface area contributed by atoms with Crippen molar-refractivity contribution < 1.29 is 14.0 Å². The Morgan fingerprint density at radius 2 is 0.735 bits per heavy atom. The number of hydrogen-bond donors (Lipinski definition) is 0. The van der Waals surface area contributed by atoms with Crippen molar-refractivity contribution in [3.8, 4) is 67.5 Å². The van der Waals surface area contributed by atoms with E-state index in [-0.39, 0.29) is 51.7 Å². The van der Waals surface area contributed by atoms with Crippen molar-refractivity contribution in [3.05, 3.63) is 176 Å². The van der Waals surface area contributed by atoms with Gasteiger partial charge in [0, 0.05) is 27.5 Å². The Balaban J connectivity index is 1.15. The van der Waals surface area contributed by atoms with E-state index < -0.39 is 18.1 Å². The molecule has 9 aromatic rings. The molecule has 0 amide bonds. The van der Waals surface area contributed by atoms with Gasteiger partial charge < -0.3 is 4.42 Å². The summed E-state index contributed by atoms with van der Waals surface area (Å²) in [5.41, 5.74) is 6.95. The Morgan fingerprint density at radius 3 is 1.22 bits per heavy atom. The molecule has 9 rings (SSSR count). The average Bonchev–Trinajstić information content (AvgIpc) is 3.67. The molecule has 230 valence electrons. The molecular weight excluding hydrogens is 599 g/mol. The van der Waals surface area contributed by atoms with Gasteiger partial charge in [-0.2, -0.15) is 0 Å². The van der Waals surface area contributed by atoms with E-state index in [0.717, 1.165) is 33.4 Å². The molecular formula is C45H29N3O. The maximum Gasteiger partial charge on any atom is 0.164 e. The highest BCUT2D eigenvalue weighted by atomic mass is 16.3. The molecule has 0 N–H and O–H groups in total. The number of fused-ring (bicyclic) bond motifs is 3. The monoisotopic (exact) mass is 634 g/mol. The summed E-state index contributed by atoms with van der Waals surface area (Å²) in [7, 11) is 0. The van der Waals surface area contributed by atoms with Crippen LogP contribution in [0.2, 0.25) is 0 Å². The molecule has 0 atom stereocenters. The first-order valence-corrected chi connectivity index (χ1v) is 15.8. The topological polar surface area (TPSA) is 51.8 Å². The van der Waals surface area contributed by atoms with E-state index in [1.807, 2.05) is 84.9 Å². The first kappa shape index (κ1) is 22.0. The third-order valence-corrected chi connectivity index (χ3v) is 8.45. The number of aromatic nitrogens is 3. The first-order chi connectivity index (χ1) is 27.2. The molecule has 0 fully saturated rings. The van der Waals surface area contributed by atoms with Gasteiger partial charge in [-0.3, -0.25) is 0 Å². The molecule has 4 heteroatoms. The molecule has 0 saturated carbocycles. The van der Waals surface area contributed by atoms with Crippen LogP contribution in [0.25, 0.3) is 89.5 Å². The number of furan rings is 1. The lowest BCUT2D eigenvalue weighted by molar-refractivity contribution is 0.669. The molecule has 0 aliphatic rings. The highest BCUT2D eigenvalue weighted by molar-refractivity contribution is 6.06. The van der Waals surface area contributed by atoms with Crippen molar-refractivity contribution in [2.45, 2.75) is 0 Å². The molecule has 0 saturated heterocycles. The smallest absolute Gasteiger partial charge is 0.164 e. The van der Waals surface area contributed by atoms with E-state index in [1.54, 1.807) is 24.3 Å². The minimum atomic E-state index is -0.473. The molecule has 0 aliphatic carbocycles. The van der Waals surface area contributed by atoms with Crippen LogP contribution in [0.5, 0.6) is 0 Å². The van der Waals surface area contributed by atoms with Gasteiger partial charge in [0.15, 0.2) is 17.5 Å². The van der Waals surface area contributed by atoms with Crippen molar-refractivity contribution in [3.63, 3.8) is 0 Å². The molecule has 2 heterocycles. The largest absolute Gasteiger partial charge is 0.456 e. The molecule has 49 heavy (non-hydrogen) atoms. The maximum absolute atomic E-state index is 9.16. The van der Waals surface area contributed by atoms with Gasteiger partial charge in [0.2, 0.25) is 0 Å². The molecule has 4 nitrogen and oxygen atoms in total. The summed E-state index contributed by atoms with van der Waals surface area (Å²) < 4.78 is 65.7. The summed E-state index contributed by atoms with van der Waals surface area (Å²) in [5.74, 6) is 1.40. The number of benzene rings is 7. The van der Waals surface area contributed by atoms with Gasteiger partial charge in [-0.25, -0.2) is 15.0 Å². The Hall–Kier alpha value is -6.65. The predicted octanol–water partition coefficient (Wildman–Crippen LogP) is 11.8. The normalized spacial score (nSPS) is 13.3. The lowest BCUT2D eigenvalue weighted by Gasteiger charge is -2.10. The molecule has 0 unspecified atom stereocenters. The minimum absolute atomic E-state index is 0.0150. The van der Waals surface area contributed by atoms with E-state index in [9.17, 15) is 0 Å². The molecule has 0 bridgehead atoms. The van der Waals surface area contributed by atoms with E-state index in [1.165, 1.54) is 0 Å². The van der Waals surface area contributed by atoms with Crippen LogP contribution in [-0.4, -0.2) is 15.0 Å². The molecule has 0 aliphatic heterocycles. The lowest BCUT2D eigenvalue weighted by Crippen LogP contribution is -2.00. The summed E-state index contributed by atoms with van der Waals surface area (Å²) in [6.45, 7) is 0. The number of nitrogens with zero attached hydrogens (tertiary/aromatic N) is 3. The van der Waals surface area contributed by atoms with Crippen LogP contribution in [0.3, 0.4) is 0 Å². The number of rotatable bonds is 6. The Labute approximate surface area is 293 Å². The number of para-hydroxylation sites is 1. The predicted molar refractivity (Wildman–Crippen MR) is 200 cm³/mol. The minimum Gasteiger partial charge on any atom is -0.456 e. The summed E-state index contributed by atoms with van der Waals surface area (Å²) >= 11 is 0. The van der Waals surface area contributed by atoms with E-state index in [2.05, 4.69) is 24.3 Å². The molecule has 0 spiro atoms. The van der Waals surface area contributed by atoms with Gasteiger partial charge in [0.25, 0.3) is 0 Å². The van der Waals surface area contributed by atoms with E-state index in [4.69, 9.17) is 29.0 Å². The zero-order valence-electron chi connectivity index (χ0n) is 33.0. The van der Waals surface area contributed by atoms with Crippen molar-refractivity contribution in [2.75, 3.05) is 0 Å². The van der Waals surface area contributed by atoms with Crippen molar-refractivity contribution >= 4 is 21.9 Å². The fourth-order valence-electron chi connectivity index (χ4n) is 5.88. The van der Waals surface area contributed by atoms with Gasteiger partial charge in [-0.05, 0) is 51.5 Å². The second-order valence-corrected chi connectivity index (χ2v) is 11.5. The third-order valence-electron chi connectivity index (χ3n) is 8.45. The van der Waals surface area contributed by atoms with Gasteiger partial charge in [0.1, 0.15) is 11.2 Å². The number of hydrogen-bond acceptors (Lipinski definition) is 4. The van der Waals surface area contributed by atoms with Gasteiger partial charge >= 0.3 is 0 Å².